The van der Waals surface area contributed by atoms with E-state index in [1.165, 1.54) is 29.2 Å². The number of furan rings is 1. The van der Waals surface area contributed by atoms with E-state index in [4.69, 9.17) is 19.4 Å². The van der Waals surface area contributed by atoms with Gasteiger partial charge in [0, 0.05) is 49.5 Å². The Morgan fingerprint density at radius 3 is 1.87 bits per heavy atom. The predicted octanol–water partition coefficient (Wildman–Crippen LogP) is 14.5. The minimum absolute atomic E-state index is 0.638. The Morgan fingerprint density at radius 2 is 1.03 bits per heavy atom. The van der Waals surface area contributed by atoms with Gasteiger partial charge >= 0.3 is 0 Å². The van der Waals surface area contributed by atoms with Gasteiger partial charge < -0.3 is 8.98 Å². The van der Waals surface area contributed by atoms with Gasteiger partial charge in [-0.05, 0) is 71.5 Å². The number of hydrogen-bond donors (Lipinski definition) is 0. The number of para-hydroxylation sites is 3. The van der Waals surface area contributed by atoms with Crippen molar-refractivity contribution in [2.45, 2.75) is 26.2 Å². The summed E-state index contributed by atoms with van der Waals surface area (Å²) in [5.41, 5.74) is 13.7. The molecule has 0 spiro atoms. The third kappa shape index (κ3) is 6.23. The Balaban J connectivity index is 1.03. The van der Waals surface area contributed by atoms with Gasteiger partial charge in [0.05, 0.1) is 11.0 Å². The molecule has 11 rings (SSSR count). The van der Waals surface area contributed by atoms with Crippen LogP contribution in [0.1, 0.15) is 25.3 Å². The van der Waals surface area contributed by atoms with E-state index in [0.29, 0.717) is 17.5 Å². The number of aryl methyl sites for hydroxylation is 1. The Hall–Kier alpha value is -7.63. The smallest absolute Gasteiger partial charge is 0.164 e. The van der Waals surface area contributed by atoms with Crippen LogP contribution >= 0.6 is 0 Å². The van der Waals surface area contributed by atoms with Crippen LogP contribution in [-0.2, 0) is 6.42 Å². The Labute approximate surface area is 348 Å². The second kappa shape index (κ2) is 14.9. The molecule has 0 saturated heterocycles. The summed E-state index contributed by atoms with van der Waals surface area (Å²) in [6.45, 7) is 2.23. The molecule has 0 amide bonds. The Morgan fingerprint density at radius 1 is 0.433 bits per heavy atom. The van der Waals surface area contributed by atoms with Crippen molar-refractivity contribution in [2.75, 3.05) is 0 Å². The van der Waals surface area contributed by atoms with Gasteiger partial charge in [-0.3, -0.25) is 0 Å². The number of hydrogen-bond acceptors (Lipinski definition) is 4. The first-order valence-corrected chi connectivity index (χ1v) is 20.7. The van der Waals surface area contributed by atoms with E-state index in [0.717, 1.165) is 84.0 Å². The Bertz CT molecular complexity index is 3360. The summed E-state index contributed by atoms with van der Waals surface area (Å²) in [6, 6.07) is 66.3. The highest BCUT2D eigenvalue weighted by Crippen LogP contribution is 2.40. The summed E-state index contributed by atoms with van der Waals surface area (Å²) in [4.78, 5) is 15.3. The summed E-state index contributed by atoms with van der Waals surface area (Å²) in [5.74, 6) is 1.94. The third-order valence-electron chi connectivity index (χ3n) is 11.7. The quantitative estimate of drug-likeness (QED) is 0.147. The molecule has 0 radical (unpaired) electrons. The highest BCUT2D eigenvalue weighted by atomic mass is 16.3. The zero-order valence-electron chi connectivity index (χ0n) is 33.2. The predicted molar refractivity (Wildman–Crippen MR) is 247 cm³/mol. The summed E-state index contributed by atoms with van der Waals surface area (Å²) in [7, 11) is 0. The highest BCUT2D eigenvalue weighted by Gasteiger charge is 2.19. The lowest BCUT2D eigenvalue weighted by Crippen LogP contribution is -2.01. The molecule has 60 heavy (non-hydrogen) atoms. The maximum atomic E-state index is 6.47. The molecule has 0 atom stereocenters. The van der Waals surface area contributed by atoms with Crippen LogP contribution in [0.15, 0.2) is 192 Å². The van der Waals surface area contributed by atoms with Crippen molar-refractivity contribution in [3.8, 4) is 62.1 Å². The van der Waals surface area contributed by atoms with E-state index < -0.39 is 0 Å². The van der Waals surface area contributed by atoms with Gasteiger partial charge in [0.25, 0.3) is 0 Å². The molecule has 286 valence electrons. The van der Waals surface area contributed by atoms with E-state index in [2.05, 4.69) is 169 Å². The van der Waals surface area contributed by atoms with Crippen LogP contribution < -0.4 is 0 Å². The first-order valence-electron chi connectivity index (χ1n) is 20.7. The van der Waals surface area contributed by atoms with E-state index in [1.807, 2.05) is 30.3 Å². The van der Waals surface area contributed by atoms with Crippen LogP contribution in [0.2, 0.25) is 0 Å². The molecule has 5 nitrogen and oxygen atoms in total. The van der Waals surface area contributed by atoms with E-state index >= 15 is 0 Å². The lowest BCUT2D eigenvalue weighted by Gasteiger charge is -2.14. The molecule has 0 saturated carbocycles. The minimum atomic E-state index is 0.638. The zero-order chi connectivity index (χ0) is 40.0. The van der Waals surface area contributed by atoms with Gasteiger partial charge in [0.1, 0.15) is 11.2 Å². The standard InChI is InChI=1S/C55H40N4O/c1-2-3-15-36-28-30-38(31-29-36)54-56-53(37-16-5-4-6-17-37)57-55(58-54)47-23-8-7-20-42(47)39-18-13-19-41(34-39)59-49-26-11-9-21-44(49)48-35-40(32-33-50(48)59)43-24-14-25-46-45-22-10-12-27-51(45)60-52(43)46/h4-14,16-35H,2-3,15H2,1H3. The topological polar surface area (TPSA) is 56.7 Å². The molecule has 0 unspecified atom stereocenters. The first-order chi connectivity index (χ1) is 29.7. The number of benzene rings is 8. The van der Waals surface area contributed by atoms with Crippen LogP contribution in [0.25, 0.3) is 106 Å². The third-order valence-corrected chi connectivity index (χ3v) is 11.7. The summed E-state index contributed by atoms with van der Waals surface area (Å²) in [6.07, 6.45) is 3.41. The van der Waals surface area contributed by atoms with E-state index in [9.17, 15) is 0 Å². The molecular weight excluding hydrogens is 733 g/mol. The normalized spacial score (nSPS) is 11.6. The van der Waals surface area contributed by atoms with Crippen LogP contribution in [0.5, 0.6) is 0 Å². The van der Waals surface area contributed by atoms with Crippen molar-refractivity contribution in [1.82, 2.24) is 19.5 Å². The monoisotopic (exact) mass is 772 g/mol. The van der Waals surface area contributed by atoms with Crippen molar-refractivity contribution < 1.29 is 4.42 Å². The zero-order valence-corrected chi connectivity index (χ0v) is 33.2. The number of nitrogens with zero attached hydrogens (tertiary/aromatic N) is 4. The first kappa shape index (κ1) is 35.5. The molecule has 11 aromatic rings. The molecule has 5 heteroatoms. The SMILES string of the molecule is CCCCc1ccc(-c2nc(-c3ccccc3)nc(-c3ccccc3-c3cccc(-n4c5ccccc5c5cc(-c6cccc7c6oc6ccccc67)ccc54)c3)n2)cc1. The van der Waals surface area contributed by atoms with Crippen molar-refractivity contribution >= 4 is 43.7 Å². The van der Waals surface area contributed by atoms with Gasteiger partial charge in [-0.1, -0.05) is 165 Å². The van der Waals surface area contributed by atoms with Gasteiger partial charge in [-0.2, -0.15) is 0 Å². The lowest BCUT2D eigenvalue weighted by atomic mass is 9.98. The largest absolute Gasteiger partial charge is 0.455 e. The second-order valence-corrected chi connectivity index (χ2v) is 15.4. The highest BCUT2D eigenvalue weighted by molar-refractivity contribution is 6.13. The van der Waals surface area contributed by atoms with E-state index in [1.54, 1.807) is 0 Å². The molecule has 0 aliphatic carbocycles. The molecule has 3 heterocycles. The van der Waals surface area contributed by atoms with Crippen LogP contribution in [0, 0.1) is 0 Å². The lowest BCUT2D eigenvalue weighted by molar-refractivity contribution is 0.670. The fraction of sp³-hybridized carbons (Fsp3) is 0.0727. The van der Waals surface area contributed by atoms with Gasteiger partial charge in [-0.15, -0.1) is 0 Å². The second-order valence-electron chi connectivity index (χ2n) is 15.4. The average molecular weight is 773 g/mol. The van der Waals surface area contributed by atoms with Gasteiger partial charge in [0.15, 0.2) is 17.5 Å². The van der Waals surface area contributed by atoms with Gasteiger partial charge in [-0.25, -0.2) is 15.0 Å². The maximum Gasteiger partial charge on any atom is 0.164 e. The fourth-order valence-electron chi connectivity index (χ4n) is 8.68. The number of fused-ring (bicyclic) bond motifs is 6. The summed E-state index contributed by atoms with van der Waals surface area (Å²) >= 11 is 0. The maximum absolute atomic E-state index is 6.47. The summed E-state index contributed by atoms with van der Waals surface area (Å²) < 4.78 is 8.84. The molecule has 0 aliphatic rings. The van der Waals surface area contributed by atoms with Crippen molar-refractivity contribution in [1.29, 1.82) is 0 Å². The van der Waals surface area contributed by atoms with Crippen LogP contribution in [-0.4, -0.2) is 19.5 Å². The van der Waals surface area contributed by atoms with Gasteiger partial charge in [0.2, 0.25) is 0 Å². The van der Waals surface area contributed by atoms with Crippen LogP contribution in [0.4, 0.5) is 0 Å². The molecule has 0 aliphatic heterocycles. The Kier molecular flexibility index (Phi) is 8.85. The molecule has 8 aromatic carbocycles. The molecule has 0 N–H and O–H groups in total. The van der Waals surface area contributed by atoms with Crippen molar-refractivity contribution in [2.24, 2.45) is 0 Å². The van der Waals surface area contributed by atoms with Crippen molar-refractivity contribution in [3.63, 3.8) is 0 Å². The minimum Gasteiger partial charge on any atom is -0.455 e. The van der Waals surface area contributed by atoms with Crippen LogP contribution in [0.3, 0.4) is 0 Å². The fourth-order valence-corrected chi connectivity index (χ4v) is 8.68. The molecular formula is C55H40N4O. The number of rotatable bonds is 9. The number of unbranched alkanes of at least 4 members (excludes halogenated alkanes) is 1. The molecule has 0 fully saturated rings. The van der Waals surface area contributed by atoms with E-state index in [-0.39, 0.29) is 0 Å². The molecule has 0 bridgehead atoms. The number of aromatic nitrogens is 4. The average Bonchev–Trinajstić information content (AvgIpc) is 3.87. The van der Waals surface area contributed by atoms with Crippen molar-refractivity contribution in [3.05, 3.63) is 194 Å². The summed E-state index contributed by atoms with van der Waals surface area (Å²) in [5, 5.41) is 4.64. The molecule has 3 aromatic heterocycles.